The highest BCUT2D eigenvalue weighted by Gasteiger charge is 2.19. The first-order valence-corrected chi connectivity index (χ1v) is 6.53. The summed E-state index contributed by atoms with van der Waals surface area (Å²) in [5.74, 6) is 0. The topological polar surface area (TPSA) is 38.0 Å². The molecule has 18 heavy (non-hydrogen) atoms. The van der Waals surface area contributed by atoms with Crippen LogP contribution in [-0.2, 0) is 6.42 Å². The first kappa shape index (κ1) is 11.1. The molecule has 92 valence electrons. The molecule has 0 aliphatic heterocycles. The molecule has 1 atom stereocenters. The van der Waals surface area contributed by atoms with Crippen LogP contribution in [0.1, 0.15) is 30.0 Å². The minimum absolute atomic E-state index is 0.429. The van der Waals surface area contributed by atoms with Gasteiger partial charge in [-0.3, -0.25) is 0 Å². The lowest BCUT2D eigenvalue weighted by Gasteiger charge is -2.27. The first-order valence-electron chi connectivity index (χ1n) is 6.53. The van der Waals surface area contributed by atoms with E-state index >= 15 is 0 Å². The molecule has 0 amide bonds. The van der Waals surface area contributed by atoms with Crippen molar-refractivity contribution >= 4 is 11.4 Å². The highest BCUT2D eigenvalue weighted by atomic mass is 14.9. The fraction of sp³-hybridized carbons (Fsp3) is 0.250. The predicted molar refractivity (Wildman–Crippen MR) is 76.6 cm³/mol. The number of fused-ring (bicyclic) bond motifs is 1. The average Bonchev–Trinajstić information content (AvgIpc) is 2.42. The minimum Gasteiger partial charge on any atom is -0.399 e. The van der Waals surface area contributed by atoms with Crippen LogP contribution in [0.5, 0.6) is 0 Å². The van der Waals surface area contributed by atoms with Crippen molar-refractivity contribution in [3.63, 3.8) is 0 Å². The van der Waals surface area contributed by atoms with Gasteiger partial charge in [-0.05, 0) is 54.7 Å². The van der Waals surface area contributed by atoms with E-state index in [0.717, 1.165) is 11.4 Å². The van der Waals surface area contributed by atoms with Crippen molar-refractivity contribution < 1.29 is 0 Å². The quantitative estimate of drug-likeness (QED) is 0.782. The van der Waals surface area contributed by atoms with Crippen molar-refractivity contribution in [1.82, 2.24) is 0 Å². The van der Waals surface area contributed by atoms with Gasteiger partial charge in [-0.1, -0.05) is 24.3 Å². The lowest BCUT2D eigenvalue weighted by atomic mass is 9.87. The van der Waals surface area contributed by atoms with Crippen LogP contribution in [0.4, 0.5) is 11.4 Å². The van der Waals surface area contributed by atoms with Crippen LogP contribution in [0.3, 0.4) is 0 Å². The molecule has 0 heterocycles. The molecule has 2 aromatic rings. The van der Waals surface area contributed by atoms with E-state index in [1.165, 1.54) is 30.4 Å². The van der Waals surface area contributed by atoms with E-state index in [4.69, 9.17) is 5.73 Å². The maximum absolute atomic E-state index is 5.71. The Labute approximate surface area is 108 Å². The van der Waals surface area contributed by atoms with Gasteiger partial charge in [0.1, 0.15) is 0 Å². The van der Waals surface area contributed by atoms with E-state index in [9.17, 15) is 0 Å². The third-order valence-corrected chi connectivity index (χ3v) is 3.62. The summed E-state index contributed by atoms with van der Waals surface area (Å²) in [4.78, 5) is 0. The molecule has 2 nitrogen and oxygen atoms in total. The van der Waals surface area contributed by atoms with Crippen molar-refractivity contribution in [1.29, 1.82) is 0 Å². The number of aryl methyl sites for hydroxylation is 1. The Bertz CT molecular complexity index is 531. The number of nitrogen functional groups attached to an aromatic ring is 1. The van der Waals surface area contributed by atoms with E-state index in [2.05, 4.69) is 29.6 Å². The van der Waals surface area contributed by atoms with Crippen molar-refractivity contribution in [3.05, 3.63) is 59.7 Å². The zero-order valence-electron chi connectivity index (χ0n) is 10.4. The Kier molecular flexibility index (Phi) is 2.93. The molecule has 3 rings (SSSR count). The van der Waals surface area contributed by atoms with Crippen molar-refractivity contribution in [2.24, 2.45) is 0 Å². The highest BCUT2D eigenvalue weighted by molar-refractivity contribution is 5.53. The molecule has 1 unspecified atom stereocenters. The molecule has 1 aliphatic rings. The summed E-state index contributed by atoms with van der Waals surface area (Å²) in [6, 6.07) is 17.1. The summed E-state index contributed by atoms with van der Waals surface area (Å²) in [6.07, 6.45) is 3.65. The van der Waals surface area contributed by atoms with E-state index in [1.54, 1.807) is 0 Å². The fourth-order valence-electron chi connectivity index (χ4n) is 2.68. The summed E-state index contributed by atoms with van der Waals surface area (Å²) in [5.41, 5.74) is 10.6. The predicted octanol–water partition coefficient (Wildman–Crippen LogP) is 3.76. The summed E-state index contributed by atoms with van der Waals surface area (Å²) in [7, 11) is 0. The largest absolute Gasteiger partial charge is 0.399 e. The molecule has 0 aromatic heterocycles. The standard InChI is InChI=1S/C16H18N2/c17-13-8-10-14(11-9-13)18-16-7-3-5-12-4-1-2-6-15(12)16/h1-2,4,6,8-11,16,18H,3,5,7,17H2. The monoisotopic (exact) mass is 238 g/mol. The number of anilines is 2. The van der Waals surface area contributed by atoms with Crippen molar-refractivity contribution in [2.45, 2.75) is 25.3 Å². The Morgan fingerprint density at radius 3 is 2.61 bits per heavy atom. The van der Waals surface area contributed by atoms with Crippen LogP contribution in [-0.4, -0.2) is 0 Å². The van der Waals surface area contributed by atoms with Crippen molar-refractivity contribution in [2.75, 3.05) is 11.1 Å². The number of hydrogen-bond acceptors (Lipinski definition) is 2. The number of hydrogen-bond donors (Lipinski definition) is 2. The van der Waals surface area contributed by atoms with Gasteiger partial charge in [0, 0.05) is 11.4 Å². The SMILES string of the molecule is Nc1ccc(NC2CCCc3ccccc32)cc1. The lowest BCUT2D eigenvalue weighted by Crippen LogP contribution is -2.17. The van der Waals surface area contributed by atoms with Crippen LogP contribution in [0.15, 0.2) is 48.5 Å². The minimum atomic E-state index is 0.429. The van der Waals surface area contributed by atoms with Gasteiger partial charge < -0.3 is 11.1 Å². The average molecular weight is 238 g/mol. The van der Waals surface area contributed by atoms with Crippen LogP contribution in [0, 0.1) is 0 Å². The molecule has 3 N–H and O–H groups in total. The van der Waals surface area contributed by atoms with E-state index in [-0.39, 0.29) is 0 Å². The number of nitrogens with two attached hydrogens (primary N) is 1. The van der Waals surface area contributed by atoms with Gasteiger partial charge in [0.15, 0.2) is 0 Å². The summed E-state index contributed by atoms with van der Waals surface area (Å²) in [5, 5.41) is 3.61. The Balaban J connectivity index is 1.84. The van der Waals surface area contributed by atoms with Gasteiger partial charge in [0.25, 0.3) is 0 Å². The molecular weight excluding hydrogens is 220 g/mol. The third kappa shape index (κ3) is 2.19. The van der Waals surface area contributed by atoms with Crippen LogP contribution >= 0.6 is 0 Å². The third-order valence-electron chi connectivity index (χ3n) is 3.62. The molecule has 0 radical (unpaired) electrons. The van der Waals surface area contributed by atoms with Crippen molar-refractivity contribution in [3.8, 4) is 0 Å². The molecule has 2 heteroatoms. The number of rotatable bonds is 2. The zero-order valence-corrected chi connectivity index (χ0v) is 10.4. The molecule has 1 aliphatic carbocycles. The van der Waals surface area contributed by atoms with Gasteiger partial charge >= 0.3 is 0 Å². The van der Waals surface area contributed by atoms with E-state index in [1.807, 2.05) is 24.3 Å². The highest BCUT2D eigenvalue weighted by Crippen LogP contribution is 2.32. The van der Waals surface area contributed by atoms with Gasteiger partial charge in [-0.2, -0.15) is 0 Å². The summed E-state index contributed by atoms with van der Waals surface area (Å²) in [6.45, 7) is 0. The number of benzene rings is 2. The molecule has 0 saturated carbocycles. The van der Waals surface area contributed by atoms with Crippen LogP contribution in [0.25, 0.3) is 0 Å². The summed E-state index contributed by atoms with van der Waals surface area (Å²) >= 11 is 0. The van der Waals surface area contributed by atoms with Crippen LogP contribution in [0.2, 0.25) is 0 Å². The zero-order chi connectivity index (χ0) is 12.4. The first-order chi connectivity index (χ1) is 8.83. The lowest BCUT2D eigenvalue weighted by molar-refractivity contribution is 0.600. The molecule has 0 saturated heterocycles. The van der Waals surface area contributed by atoms with Crippen LogP contribution < -0.4 is 11.1 Å². The molecule has 0 bridgehead atoms. The Morgan fingerprint density at radius 1 is 1.00 bits per heavy atom. The second-order valence-corrected chi connectivity index (χ2v) is 4.91. The smallest absolute Gasteiger partial charge is 0.0516 e. The molecule has 0 fully saturated rings. The normalized spacial score (nSPS) is 18.1. The maximum atomic E-state index is 5.71. The van der Waals surface area contributed by atoms with E-state index in [0.29, 0.717) is 6.04 Å². The summed E-state index contributed by atoms with van der Waals surface area (Å²) < 4.78 is 0. The molecule has 0 spiro atoms. The number of nitrogens with one attached hydrogen (secondary N) is 1. The Hall–Kier alpha value is -1.96. The van der Waals surface area contributed by atoms with Gasteiger partial charge in [0.2, 0.25) is 0 Å². The Morgan fingerprint density at radius 2 is 1.78 bits per heavy atom. The maximum Gasteiger partial charge on any atom is 0.0516 e. The van der Waals surface area contributed by atoms with E-state index < -0.39 is 0 Å². The second-order valence-electron chi connectivity index (χ2n) is 4.91. The fourth-order valence-corrected chi connectivity index (χ4v) is 2.68. The van der Waals surface area contributed by atoms with Gasteiger partial charge in [0.05, 0.1) is 6.04 Å². The van der Waals surface area contributed by atoms with Gasteiger partial charge in [-0.15, -0.1) is 0 Å². The molecular formula is C16H18N2. The second kappa shape index (κ2) is 4.73. The van der Waals surface area contributed by atoms with Gasteiger partial charge in [-0.25, -0.2) is 0 Å². The molecule has 2 aromatic carbocycles.